The van der Waals surface area contributed by atoms with Gasteiger partial charge in [0.2, 0.25) is 0 Å². The molecule has 0 amide bonds. The Morgan fingerprint density at radius 1 is 1.37 bits per heavy atom. The number of hydrogen-bond acceptors (Lipinski definition) is 4. The molecule has 0 saturated carbocycles. The zero-order chi connectivity index (χ0) is 13.9. The first-order valence-electron chi connectivity index (χ1n) is 6.26. The highest BCUT2D eigenvalue weighted by molar-refractivity contribution is 7.99. The average Bonchev–Trinajstić information content (AvgIpc) is 2.39. The summed E-state index contributed by atoms with van der Waals surface area (Å²) in [6.45, 7) is 5.80. The summed E-state index contributed by atoms with van der Waals surface area (Å²) < 4.78 is 0.178. The van der Waals surface area contributed by atoms with Gasteiger partial charge in [0.05, 0.1) is 17.4 Å². The molecular weight excluding hydrogens is 258 g/mol. The molecule has 2 rings (SSSR count). The van der Waals surface area contributed by atoms with E-state index < -0.39 is 0 Å². The maximum absolute atomic E-state index is 11.9. The van der Waals surface area contributed by atoms with Crippen LogP contribution in [0.4, 0.5) is 0 Å². The fourth-order valence-corrected chi connectivity index (χ4v) is 2.02. The van der Waals surface area contributed by atoms with Gasteiger partial charge in [0.15, 0.2) is 0 Å². The second-order valence-corrected chi connectivity index (χ2v) is 6.61. The summed E-state index contributed by atoms with van der Waals surface area (Å²) in [5, 5.41) is 3.97. The van der Waals surface area contributed by atoms with E-state index in [4.69, 9.17) is 0 Å². The number of aromatic amines is 1. The number of para-hydroxylation sites is 1. The van der Waals surface area contributed by atoms with Crippen LogP contribution in [0.2, 0.25) is 0 Å². The Balaban J connectivity index is 2.12. The van der Waals surface area contributed by atoms with Crippen LogP contribution in [0.3, 0.4) is 0 Å². The van der Waals surface area contributed by atoms with E-state index in [1.54, 1.807) is 6.07 Å². The van der Waals surface area contributed by atoms with Crippen LogP contribution in [0.5, 0.6) is 0 Å². The number of thioether (sulfide) groups is 1. The van der Waals surface area contributed by atoms with Gasteiger partial charge in [-0.15, -0.1) is 0 Å². The molecule has 0 aliphatic heterocycles. The van der Waals surface area contributed by atoms with Crippen molar-refractivity contribution in [1.82, 2.24) is 15.3 Å². The zero-order valence-electron chi connectivity index (χ0n) is 11.5. The van der Waals surface area contributed by atoms with Crippen molar-refractivity contribution < 1.29 is 0 Å². The lowest BCUT2D eigenvalue weighted by Gasteiger charge is -2.22. The largest absolute Gasteiger partial charge is 0.309 e. The number of rotatable bonds is 5. The fraction of sp³-hybridized carbons (Fsp3) is 0.429. The summed E-state index contributed by atoms with van der Waals surface area (Å²) >= 11 is 1.81. The molecule has 0 saturated heterocycles. The Morgan fingerprint density at radius 2 is 2.11 bits per heavy atom. The number of nitrogens with zero attached hydrogens (tertiary/aromatic N) is 1. The quantitative estimate of drug-likeness (QED) is 0.879. The van der Waals surface area contributed by atoms with Crippen LogP contribution in [-0.2, 0) is 6.54 Å². The molecule has 0 radical (unpaired) electrons. The molecule has 19 heavy (non-hydrogen) atoms. The van der Waals surface area contributed by atoms with E-state index in [0.29, 0.717) is 17.8 Å². The van der Waals surface area contributed by atoms with E-state index in [1.165, 1.54) is 0 Å². The number of hydrogen-bond donors (Lipinski definition) is 2. The molecule has 0 fully saturated rings. The Morgan fingerprint density at radius 3 is 2.84 bits per heavy atom. The monoisotopic (exact) mass is 277 g/mol. The van der Waals surface area contributed by atoms with Gasteiger partial charge < -0.3 is 10.3 Å². The normalized spacial score (nSPS) is 11.9. The molecule has 0 aliphatic carbocycles. The lowest BCUT2D eigenvalue weighted by Crippen LogP contribution is -2.32. The van der Waals surface area contributed by atoms with Gasteiger partial charge in [0.25, 0.3) is 5.56 Å². The third-order valence-electron chi connectivity index (χ3n) is 3.06. The highest BCUT2D eigenvalue weighted by Gasteiger charge is 2.15. The van der Waals surface area contributed by atoms with Gasteiger partial charge >= 0.3 is 0 Å². The van der Waals surface area contributed by atoms with E-state index in [9.17, 15) is 4.79 Å². The molecule has 2 N–H and O–H groups in total. The lowest BCUT2D eigenvalue weighted by atomic mass is 10.2. The summed E-state index contributed by atoms with van der Waals surface area (Å²) in [6, 6.07) is 7.39. The summed E-state index contributed by atoms with van der Waals surface area (Å²) in [4.78, 5) is 19.2. The minimum atomic E-state index is -0.0773. The summed E-state index contributed by atoms with van der Waals surface area (Å²) in [5.41, 5.74) is 0.665. The first-order chi connectivity index (χ1) is 9.02. The molecule has 1 aromatic heterocycles. The minimum absolute atomic E-state index is 0.0773. The second-order valence-electron chi connectivity index (χ2n) is 5.10. The maximum Gasteiger partial charge on any atom is 0.258 e. The number of benzene rings is 1. The van der Waals surface area contributed by atoms with Crippen molar-refractivity contribution in [2.75, 3.05) is 12.8 Å². The van der Waals surface area contributed by atoms with Crippen molar-refractivity contribution in [3.63, 3.8) is 0 Å². The Hall–Kier alpha value is -1.33. The van der Waals surface area contributed by atoms with Crippen molar-refractivity contribution in [2.45, 2.75) is 25.1 Å². The van der Waals surface area contributed by atoms with Crippen molar-refractivity contribution in [2.24, 2.45) is 0 Å². The van der Waals surface area contributed by atoms with Crippen molar-refractivity contribution in [3.8, 4) is 0 Å². The molecule has 1 aromatic carbocycles. The highest BCUT2D eigenvalue weighted by Crippen LogP contribution is 2.19. The van der Waals surface area contributed by atoms with Crippen molar-refractivity contribution >= 4 is 22.7 Å². The second kappa shape index (κ2) is 5.75. The fourth-order valence-electron chi connectivity index (χ4n) is 1.77. The lowest BCUT2D eigenvalue weighted by molar-refractivity contribution is 0.578. The third-order valence-corrected chi connectivity index (χ3v) is 4.31. The number of H-pyrrole nitrogens is 1. The average molecular weight is 277 g/mol. The predicted octanol–water partition coefficient (Wildman–Crippen LogP) is 2.15. The van der Waals surface area contributed by atoms with E-state index >= 15 is 0 Å². The topological polar surface area (TPSA) is 57.8 Å². The van der Waals surface area contributed by atoms with E-state index in [2.05, 4.69) is 35.4 Å². The van der Waals surface area contributed by atoms with Crippen LogP contribution in [0, 0.1) is 0 Å². The maximum atomic E-state index is 11.9. The van der Waals surface area contributed by atoms with Crippen LogP contribution < -0.4 is 10.9 Å². The van der Waals surface area contributed by atoms with Gasteiger partial charge in [-0.05, 0) is 32.2 Å². The molecule has 102 valence electrons. The molecule has 0 bridgehead atoms. The summed E-state index contributed by atoms with van der Waals surface area (Å²) in [5.74, 6) is 0.681. The molecule has 0 spiro atoms. The number of fused-ring (bicyclic) bond motifs is 1. The Labute approximate surface area is 117 Å². The molecule has 5 heteroatoms. The van der Waals surface area contributed by atoms with Gasteiger partial charge in [-0.25, -0.2) is 4.98 Å². The molecule has 0 unspecified atom stereocenters. The van der Waals surface area contributed by atoms with Crippen LogP contribution in [0.15, 0.2) is 29.1 Å². The number of aromatic nitrogens is 2. The summed E-state index contributed by atoms with van der Waals surface area (Å²) in [6.07, 6.45) is 2.10. The summed E-state index contributed by atoms with van der Waals surface area (Å²) in [7, 11) is 0. The number of nitrogens with one attached hydrogen (secondary N) is 2. The third kappa shape index (κ3) is 3.58. The van der Waals surface area contributed by atoms with Gasteiger partial charge in [-0.2, -0.15) is 11.8 Å². The molecule has 1 heterocycles. The van der Waals surface area contributed by atoms with Crippen LogP contribution in [0.25, 0.3) is 10.9 Å². The van der Waals surface area contributed by atoms with Crippen LogP contribution >= 0.6 is 11.8 Å². The molecule has 2 aromatic rings. The van der Waals surface area contributed by atoms with Crippen molar-refractivity contribution in [3.05, 3.63) is 40.4 Å². The van der Waals surface area contributed by atoms with E-state index in [1.807, 2.05) is 30.0 Å². The standard InChI is InChI=1S/C14H19N3OS/c1-14(2,19-3)9-15-8-12-16-11-7-5-4-6-10(11)13(18)17-12/h4-7,15H,8-9H2,1-3H3,(H,16,17,18). The Kier molecular flexibility index (Phi) is 4.27. The predicted molar refractivity (Wildman–Crippen MR) is 81.7 cm³/mol. The SMILES string of the molecule is CSC(C)(C)CNCc1nc2ccccc2c(=O)[nH]1. The minimum Gasteiger partial charge on any atom is -0.309 e. The molecular formula is C14H19N3OS. The smallest absolute Gasteiger partial charge is 0.258 e. The van der Waals surface area contributed by atoms with E-state index in [-0.39, 0.29) is 10.3 Å². The highest BCUT2D eigenvalue weighted by atomic mass is 32.2. The molecule has 4 nitrogen and oxygen atoms in total. The van der Waals surface area contributed by atoms with Gasteiger partial charge in [-0.1, -0.05) is 12.1 Å². The zero-order valence-corrected chi connectivity index (χ0v) is 12.3. The van der Waals surface area contributed by atoms with Crippen LogP contribution in [-0.4, -0.2) is 27.5 Å². The molecule has 0 aliphatic rings. The Bertz CT molecular complexity index is 621. The van der Waals surface area contributed by atoms with Gasteiger partial charge in [0, 0.05) is 11.3 Å². The first kappa shape index (κ1) is 14.1. The van der Waals surface area contributed by atoms with Crippen molar-refractivity contribution in [1.29, 1.82) is 0 Å². The van der Waals surface area contributed by atoms with Gasteiger partial charge in [-0.3, -0.25) is 4.79 Å². The molecule has 0 atom stereocenters. The first-order valence-corrected chi connectivity index (χ1v) is 7.48. The van der Waals surface area contributed by atoms with Crippen LogP contribution in [0.1, 0.15) is 19.7 Å². The van der Waals surface area contributed by atoms with E-state index in [0.717, 1.165) is 12.1 Å². The van der Waals surface area contributed by atoms with Gasteiger partial charge in [0.1, 0.15) is 5.82 Å².